The van der Waals surface area contributed by atoms with E-state index in [1.807, 2.05) is 12.1 Å². The molecule has 0 saturated carbocycles. The van der Waals surface area contributed by atoms with E-state index in [1.54, 1.807) is 42.2 Å². The molecule has 1 unspecified atom stereocenters. The molecule has 3 N–H and O–H groups in total. The Morgan fingerprint density at radius 3 is 2.63 bits per heavy atom. The van der Waals surface area contributed by atoms with Gasteiger partial charge in [0, 0.05) is 28.7 Å². The lowest BCUT2D eigenvalue weighted by Crippen LogP contribution is -2.31. The summed E-state index contributed by atoms with van der Waals surface area (Å²) in [6.07, 6.45) is 3.30. The summed E-state index contributed by atoms with van der Waals surface area (Å²) in [4.78, 5) is 20.7. The van der Waals surface area contributed by atoms with Crippen molar-refractivity contribution in [3.05, 3.63) is 69.6 Å². The van der Waals surface area contributed by atoms with Gasteiger partial charge < -0.3 is 11.1 Å². The topological polar surface area (TPSA) is 98.7 Å². The number of hydrogen-bond donors (Lipinski definition) is 2. The highest BCUT2D eigenvalue weighted by atomic mass is 35.5. The molecule has 0 radical (unpaired) electrons. The number of hydrogen-bond acceptors (Lipinski definition) is 5. The molecule has 4 rings (SSSR count). The first kappa shape index (κ1) is 17.5. The number of allylic oxidation sites excluding steroid dienone is 1. The SMILES string of the molecule is CC1=C(C(N)=O)C(c2ccncc2)n2nc(-c3ccc(Cl)cc3Cl)nc2N1. The highest BCUT2D eigenvalue weighted by Gasteiger charge is 2.33. The number of carbonyl (C=O) groups is 1. The molecule has 1 atom stereocenters. The quantitative estimate of drug-likeness (QED) is 0.701. The standard InChI is InChI=1S/C18H14Cl2N6O/c1-9-14(16(21)27)15(10-4-6-22-7-5-10)26-18(23-9)24-17(25-26)12-3-2-11(19)8-13(12)20/h2-8,15H,1H3,(H2,21,27)(H,23,24,25). The minimum atomic E-state index is -0.533. The number of primary amides is 1. The second kappa shape index (κ2) is 6.68. The molecule has 0 saturated heterocycles. The smallest absolute Gasteiger partial charge is 0.248 e. The fourth-order valence-electron chi connectivity index (χ4n) is 3.11. The minimum Gasteiger partial charge on any atom is -0.366 e. The van der Waals surface area contributed by atoms with Gasteiger partial charge in [0.15, 0.2) is 5.82 Å². The molecule has 9 heteroatoms. The van der Waals surface area contributed by atoms with Crippen LogP contribution in [-0.2, 0) is 4.79 Å². The van der Waals surface area contributed by atoms with Crippen molar-refractivity contribution < 1.29 is 4.79 Å². The monoisotopic (exact) mass is 400 g/mol. The summed E-state index contributed by atoms with van der Waals surface area (Å²) >= 11 is 12.3. The Labute approximate surface area is 164 Å². The van der Waals surface area contributed by atoms with Gasteiger partial charge in [-0.15, -0.1) is 5.10 Å². The van der Waals surface area contributed by atoms with Crippen LogP contribution in [0.1, 0.15) is 18.5 Å². The molecule has 0 aliphatic carbocycles. The third-order valence-corrected chi connectivity index (χ3v) is 4.86. The fourth-order valence-corrected chi connectivity index (χ4v) is 3.60. The van der Waals surface area contributed by atoms with Gasteiger partial charge in [0.05, 0.1) is 10.6 Å². The van der Waals surface area contributed by atoms with Gasteiger partial charge in [0.2, 0.25) is 11.9 Å². The van der Waals surface area contributed by atoms with Gasteiger partial charge in [-0.3, -0.25) is 9.78 Å². The molecule has 1 aliphatic rings. The number of benzene rings is 1. The molecule has 3 heterocycles. The van der Waals surface area contributed by atoms with E-state index in [1.165, 1.54) is 0 Å². The summed E-state index contributed by atoms with van der Waals surface area (Å²) in [7, 11) is 0. The highest BCUT2D eigenvalue weighted by Crippen LogP contribution is 2.37. The average Bonchev–Trinajstić information content (AvgIpc) is 3.04. The Hall–Kier alpha value is -2.90. The van der Waals surface area contributed by atoms with Crippen LogP contribution in [0.4, 0.5) is 5.95 Å². The molecule has 3 aromatic rings. The van der Waals surface area contributed by atoms with E-state index in [0.29, 0.717) is 38.7 Å². The average molecular weight is 401 g/mol. The Bertz CT molecular complexity index is 1080. The largest absolute Gasteiger partial charge is 0.366 e. The van der Waals surface area contributed by atoms with Crippen LogP contribution >= 0.6 is 23.2 Å². The maximum absolute atomic E-state index is 12.1. The van der Waals surface area contributed by atoms with Gasteiger partial charge in [0.25, 0.3) is 0 Å². The van der Waals surface area contributed by atoms with Crippen LogP contribution in [0.3, 0.4) is 0 Å². The molecular formula is C18H14Cl2N6O. The molecular weight excluding hydrogens is 387 g/mol. The molecule has 1 aliphatic heterocycles. The third kappa shape index (κ3) is 3.05. The predicted octanol–water partition coefficient (Wildman–Crippen LogP) is 3.42. The summed E-state index contributed by atoms with van der Waals surface area (Å²) in [5.41, 5.74) is 8.14. The predicted molar refractivity (Wildman–Crippen MR) is 103 cm³/mol. The van der Waals surface area contributed by atoms with Crippen LogP contribution < -0.4 is 11.1 Å². The third-order valence-electron chi connectivity index (χ3n) is 4.31. The van der Waals surface area contributed by atoms with Gasteiger partial charge >= 0.3 is 0 Å². The van der Waals surface area contributed by atoms with Crippen LogP contribution in [0.5, 0.6) is 0 Å². The number of nitrogens with two attached hydrogens (primary N) is 1. The van der Waals surface area contributed by atoms with Crippen molar-refractivity contribution in [3.63, 3.8) is 0 Å². The Kier molecular flexibility index (Phi) is 4.33. The van der Waals surface area contributed by atoms with Gasteiger partial charge in [-0.2, -0.15) is 4.98 Å². The summed E-state index contributed by atoms with van der Waals surface area (Å²) in [6.45, 7) is 1.78. The number of aromatic nitrogens is 4. The maximum atomic E-state index is 12.1. The zero-order valence-corrected chi connectivity index (χ0v) is 15.7. The van der Waals surface area contributed by atoms with Crippen molar-refractivity contribution in [3.8, 4) is 11.4 Å². The molecule has 7 nitrogen and oxygen atoms in total. The second-order valence-electron chi connectivity index (χ2n) is 6.04. The van der Waals surface area contributed by atoms with E-state index >= 15 is 0 Å². The first-order valence-electron chi connectivity index (χ1n) is 8.05. The number of anilines is 1. The number of carbonyl (C=O) groups excluding carboxylic acids is 1. The Balaban J connectivity index is 1.89. The lowest BCUT2D eigenvalue weighted by Gasteiger charge is -2.27. The number of amides is 1. The lowest BCUT2D eigenvalue weighted by atomic mass is 9.96. The summed E-state index contributed by atoms with van der Waals surface area (Å²) < 4.78 is 1.63. The van der Waals surface area contributed by atoms with Crippen molar-refractivity contribution in [2.24, 2.45) is 5.73 Å². The first-order valence-corrected chi connectivity index (χ1v) is 8.81. The van der Waals surface area contributed by atoms with Crippen molar-refractivity contribution in [1.29, 1.82) is 0 Å². The zero-order valence-electron chi connectivity index (χ0n) is 14.1. The first-order chi connectivity index (χ1) is 13.0. The number of nitrogens with one attached hydrogen (secondary N) is 1. The Morgan fingerprint density at radius 2 is 1.96 bits per heavy atom. The van der Waals surface area contributed by atoms with Crippen LogP contribution in [0, 0.1) is 0 Å². The van der Waals surface area contributed by atoms with Crippen LogP contribution in [-0.4, -0.2) is 25.7 Å². The molecule has 0 fully saturated rings. The summed E-state index contributed by atoms with van der Waals surface area (Å²) in [6, 6.07) is 8.20. The molecule has 1 amide bonds. The van der Waals surface area contributed by atoms with E-state index in [-0.39, 0.29) is 0 Å². The van der Waals surface area contributed by atoms with Gasteiger partial charge in [0.1, 0.15) is 6.04 Å². The number of fused-ring (bicyclic) bond motifs is 1. The minimum absolute atomic E-state index is 0.410. The van der Waals surface area contributed by atoms with Crippen LogP contribution in [0.2, 0.25) is 10.0 Å². The number of pyridine rings is 1. The van der Waals surface area contributed by atoms with Gasteiger partial charge in [-0.05, 0) is 42.8 Å². The number of halogens is 2. The van der Waals surface area contributed by atoms with Crippen molar-refractivity contribution >= 4 is 35.1 Å². The molecule has 0 bridgehead atoms. The van der Waals surface area contributed by atoms with Gasteiger partial charge in [-0.1, -0.05) is 23.2 Å². The normalized spacial score (nSPS) is 16.0. The van der Waals surface area contributed by atoms with E-state index in [4.69, 9.17) is 28.9 Å². The fraction of sp³-hybridized carbons (Fsp3) is 0.111. The van der Waals surface area contributed by atoms with Crippen molar-refractivity contribution in [2.75, 3.05) is 5.32 Å². The second-order valence-corrected chi connectivity index (χ2v) is 6.88. The number of nitrogens with zero attached hydrogens (tertiary/aromatic N) is 4. The maximum Gasteiger partial charge on any atom is 0.248 e. The molecule has 2 aromatic heterocycles. The summed E-state index contributed by atoms with van der Waals surface area (Å²) in [5, 5.41) is 8.64. The van der Waals surface area contributed by atoms with E-state index < -0.39 is 11.9 Å². The van der Waals surface area contributed by atoms with E-state index in [0.717, 1.165) is 5.56 Å². The number of rotatable bonds is 3. The molecule has 27 heavy (non-hydrogen) atoms. The lowest BCUT2D eigenvalue weighted by molar-refractivity contribution is -0.115. The van der Waals surface area contributed by atoms with E-state index in [2.05, 4.69) is 20.4 Å². The molecule has 0 spiro atoms. The van der Waals surface area contributed by atoms with Crippen LogP contribution in [0.15, 0.2) is 54.0 Å². The highest BCUT2D eigenvalue weighted by molar-refractivity contribution is 6.36. The van der Waals surface area contributed by atoms with Crippen molar-refractivity contribution in [2.45, 2.75) is 13.0 Å². The van der Waals surface area contributed by atoms with E-state index in [9.17, 15) is 4.79 Å². The zero-order chi connectivity index (χ0) is 19.1. The van der Waals surface area contributed by atoms with Crippen molar-refractivity contribution in [1.82, 2.24) is 19.7 Å². The summed E-state index contributed by atoms with van der Waals surface area (Å²) in [5.74, 6) is 0.367. The Morgan fingerprint density at radius 1 is 1.22 bits per heavy atom. The van der Waals surface area contributed by atoms with Gasteiger partial charge in [-0.25, -0.2) is 4.68 Å². The molecule has 1 aromatic carbocycles. The molecule has 136 valence electrons. The van der Waals surface area contributed by atoms with Crippen LogP contribution in [0.25, 0.3) is 11.4 Å².